The van der Waals surface area contributed by atoms with Crippen molar-refractivity contribution in [3.8, 4) is 0 Å². The molecule has 6 nitrogen and oxygen atoms in total. The predicted octanol–water partition coefficient (Wildman–Crippen LogP) is 4.27. The summed E-state index contributed by atoms with van der Waals surface area (Å²) in [6.07, 6.45) is 1.60. The molecule has 0 unspecified atom stereocenters. The lowest BCUT2D eigenvalue weighted by Gasteiger charge is -2.05. The Morgan fingerprint density at radius 1 is 1.36 bits per heavy atom. The van der Waals surface area contributed by atoms with Crippen LogP contribution in [0.2, 0.25) is 5.02 Å². The third-order valence-corrected chi connectivity index (χ3v) is 5.18. The molecule has 0 bridgehead atoms. The van der Waals surface area contributed by atoms with Crippen LogP contribution in [-0.4, -0.2) is 21.9 Å². The van der Waals surface area contributed by atoms with E-state index in [0.717, 1.165) is 11.8 Å². The lowest BCUT2D eigenvalue weighted by Crippen LogP contribution is -2.14. The number of hydrogen-bond donors (Lipinski definition) is 2. The highest BCUT2D eigenvalue weighted by Crippen LogP contribution is 2.26. The van der Waals surface area contributed by atoms with E-state index in [4.69, 9.17) is 16.0 Å². The van der Waals surface area contributed by atoms with Crippen LogP contribution in [-0.2, 0) is 11.3 Å². The second kappa shape index (κ2) is 8.32. The average Bonchev–Trinajstić information content (AvgIpc) is 3.25. The predicted molar refractivity (Wildman–Crippen MR) is 96.7 cm³/mol. The number of benzene rings is 1. The first-order chi connectivity index (χ1) is 12.1. The van der Waals surface area contributed by atoms with Crippen LogP contribution in [0.25, 0.3) is 0 Å². The minimum absolute atomic E-state index is 0.0908. The number of furan rings is 1. The van der Waals surface area contributed by atoms with Crippen LogP contribution in [0.15, 0.2) is 45.4 Å². The maximum absolute atomic E-state index is 13.6. The number of rotatable bonds is 7. The van der Waals surface area contributed by atoms with Gasteiger partial charge in [-0.3, -0.25) is 4.79 Å². The summed E-state index contributed by atoms with van der Waals surface area (Å²) in [7, 11) is 0. The topological polar surface area (TPSA) is 80.1 Å². The molecule has 130 valence electrons. The van der Waals surface area contributed by atoms with Crippen molar-refractivity contribution in [2.24, 2.45) is 0 Å². The standard InChI is InChI=1S/C15H12ClFN4O2S2/c16-9-3-4-12(11(17)6-9)19-13(22)8-24-15-21-20-14(25-15)18-7-10-2-1-5-23-10/h1-6H,7-8H2,(H,18,20)(H,19,22). The third-order valence-electron chi connectivity index (χ3n) is 2.93. The number of anilines is 2. The molecule has 2 N–H and O–H groups in total. The molecule has 0 fully saturated rings. The van der Waals surface area contributed by atoms with E-state index in [0.29, 0.717) is 16.0 Å². The molecule has 0 atom stereocenters. The Balaban J connectivity index is 1.47. The average molecular weight is 399 g/mol. The molecule has 0 radical (unpaired) electrons. The Bertz CT molecular complexity index is 857. The van der Waals surface area contributed by atoms with Gasteiger partial charge in [0.25, 0.3) is 0 Å². The van der Waals surface area contributed by atoms with Crippen molar-refractivity contribution in [2.45, 2.75) is 10.9 Å². The van der Waals surface area contributed by atoms with E-state index in [1.54, 1.807) is 12.3 Å². The van der Waals surface area contributed by atoms with Gasteiger partial charge in [-0.15, -0.1) is 10.2 Å². The van der Waals surface area contributed by atoms with Gasteiger partial charge < -0.3 is 15.1 Å². The van der Waals surface area contributed by atoms with Crippen LogP contribution in [0.5, 0.6) is 0 Å². The number of nitrogens with zero attached hydrogens (tertiary/aromatic N) is 2. The largest absolute Gasteiger partial charge is 0.467 e. The zero-order valence-corrected chi connectivity index (χ0v) is 15.1. The van der Waals surface area contributed by atoms with Crippen molar-refractivity contribution in [2.75, 3.05) is 16.4 Å². The molecule has 3 rings (SSSR count). The number of carbonyl (C=O) groups is 1. The van der Waals surface area contributed by atoms with Crippen molar-refractivity contribution in [3.05, 3.63) is 53.2 Å². The number of aromatic nitrogens is 2. The minimum atomic E-state index is -0.578. The number of carbonyl (C=O) groups excluding carboxylic acids is 1. The zero-order valence-electron chi connectivity index (χ0n) is 12.7. The van der Waals surface area contributed by atoms with Gasteiger partial charge in [-0.25, -0.2) is 4.39 Å². The summed E-state index contributed by atoms with van der Waals surface area (Å²) in [6, 6.07) is 7.73. The number of thioether (sulfide) groups is 1. The highest BCUT2D eigenvalue weighted by atomic mass is 35.5. The minimum Gasteiger partial charge on any atom is -0.467 e. The van der Waals surface area contributed by atoms with Gasteiger partial charge in [0.05, 0.1) is 24.2 Å². The highest BCUT2D eigenvalue weighted by Gasteiger charge is 2.11. The summed E-state index contributed by atoms with van der Waals surface area (Å²) in [5.74, 6) is -0.0408. The van der Waals surface area contributed by atoms with E-state index in [-0.39, 0.29) is 22.4 Å². The third kappa shape index (κ3) is 5.18. The molecule has 3 aromatic rings. The fourth-order valence-corrected chi connectivity index (χ4v) is 3.53. The summed E-state index contributed by atoms with van der Waals surface area (Å²) in [4.78, 5) is 11.9. The fourth-order valence-electron chi connectivity index (χ4n) is 1.82. The molecule has 0 saturated heterocycles. The summed E-state index contributed by atoms with van der Waals surface area (Å²) in [6.45, 7) is 0.503. The van der Waals surface area contributed by atoms with Gasteiger partial charge >= 0.3 is 0 Å². The molecule has 2 aromatic heterocycles. The van der Waals surface area contributed by atoms with Crippen molar-refractivity contribution < 1.29 is 13.6 Å². The molecule has 0 aliphatic carbocycles. The van der Waals surface area contributed by atoms with E-state index in [1.165, 1.54) is 35.2 Å². The summed E-state index contributed by atoms with van der Waals surface area (Å²) in [5, 5.41) is 14.5. The van der Waals surface area contributed by atoms with Gasteiger partial charge in [-0.2, -0.15) is 0 Å². The van der Waals surface area contributed by atoms with Crippen LogP contribution in [0.1, 0.15) is 5.76 Å². The summed E-state index contributed by atoms with van der Waals surface area (Å²) in [5.41, 5.74) is 0.0908. The highest BCUT2D eigenvalue weighted by molar-refractivity contribution is 8.01. The Labute approximate surface area is 155 Å². The normalized spacial score (nSPS) is 10.6. The second-order valence-corrected chi connectivity index (χ2v) is 7.40. The van der Waals surface area contributed by atoms with Gasteiger partial charge in [0.15, 0.2) is 4.34 Å². The van der Waals surface area contributed by atoms with Crippen LogP contribution < -0.4 is 10.6 Å². The Kier molecular flexibility index (Phi) is 5.90. The Morgan fingerprint density at radius 3 is 3.00 bits per heavy atom. The fraction of sp³-hybridized carbons (Fsp3) is 0.133. The molecule has 0 saturated carbocycles. The van der Waals surface area contributed by atoms with Gasteiger partial charge in [-0.05, 0) is 30.3 Å². The van der Waals surface area contributed by atoms with Crippen molar-refractivity contribution >= 4 is 51.4 Å². The van der Waals surface area contributed by atoms with Crippen LogP contribution in [0.3, 0.4) is 0 Å². The first-order valence-electron chi connectivity index (χ1n) is 7.07. The van der Waals surface area contributed by atoms with E-state index < -0.39 is 5.82 Å². The van der Waals surface area contributed by atoms with Crippen molar-refractivity contribution in [1.29, 1.82) is 0 Å². The number of halogens is 2. The van der Waals surface area contributed by atoms with E-state index in [1.807, 2.05) is 6.07 Å². The quantitative estimate of drug-likeness (QED) is 0.578. The maximum atomic E-state index is 13.6. The molecule has 1 amide bonds. The molecule has 0 spiro atoms. The monoisotopic (exact) mass is 398 g/mol. The zero-order chi connectivity index (χ0) is 17.6. The SMILES string of the molecule is O=C(CSc1nnc(NCc2ccco2)s1)Nc1ccc(Cl)cc1F. The summed E-state index contributed by atoms with van der Waals surface area (Å²) >= 11 is 8.22. The molecule has 0 aliphatic rings. The summed E-state index contributed by atoms with van der Waals surface area (Å²) < 4.78 is 19.5. The van der Waals surface area contributed by atoms with Crippen LogP contribution in [0, 0.1) is 5.82 Å². The second-order valence-electron chi connectivity index (χ2n) is 4.77. The van der Waals surface area contributed by atoms with Gasteiger partial charge in [0, 0.05) is 5.02 Å². The number of hydrogen-bond acceptors (Lipinski definition) is 7. The molecule has 0 aliphatic heterocycles. The van der Waals surface area contributed by atoms with Crippen molar-refractivity contribution in [3.63, 3.8) is 0 Å². The first kappa shape index (κ1) is 17.7. The van der Waals surface area contributed by atoms with E-state index in [2.05, 4.69) is 20.8 Å². The smallest absolute Gasteiger partial charge is 0.234 e. The van der Waals surface area contributed by atoms with Crippen LogP contribution >= 0.6 is 34.7 Å². The Morgan fingerprint density at radius 2 is 2.24 bits per heavy atom. The van der Waals surface area contributed by atoms with Crippen LogP contribution in [0.4, 0.5) is 15.2 Å². The number of nitrogens with one attached hydrogen (secondary N) is 2. The number of amides is 1. The molecule has 2 heterocycles. The molecule has 1 aromatic carbocycles. The molecule has 10 heteroatoms. The Hall–Kier alpha value is -2.10. The lowest BCUT2D eigenvalue weighted by atomic mass is 10.3. The molecular formula is C15H12ClFN4O2S2. The van der Waals surface area contributed by atoms with Crippen molar-refractivity contribution in [1.82, 2.24) is 10.2 Å². The first-order valence-corrected chi connectivity index (χ1v) is 9.25. The van der Waals surface area contributed by atoms with E-state index in [9.17, 15) is 9.18 Å². The maximum Gasteiger partial charge on any atom is 0.234 e. The van der Waals surface area contributed by atoms with E-state index >= 15 is 0 Å². The van der Waals surface area contributed by atoms with Gasteiger partial charge in [-0.1, -0.05) is 34.7 Å². The molecule has 25 heavy (non-hydrogen) atoms. The molecular weight excluding hydrogens is 387 g/mol. The van der Waals surface area contributed by atoms with Gasteiger partial charge in [0.2, 0.25) is 11.0 Å². The lowest BCUT2D eigenvalue weighted by molar-refractivity contribution is -0.113. The van der Waals surface area contributed by atoms with Gasteiger partial charge in [0.1, 0.15) is 11.6 Å².